The Morgan fingerprint density at radius 2 is 1.95 bits per heavy atom. The van der Waals surface area contributed by atoms with E-state index in [-0.39, 0.29) is 5.69 Å². The number of aryl methyl sites for hydroxylation is 3. The largest absolute Gasteiger partial charge is 0.323 e. The van der Waals surface area contributed by atoms with Gasteiger partial charge in [0.25, 0.3) is 0 Å². The molecule has 0 bridgehead atoms. The van der Waals surface area contributed by atoms with Gasteiger partial charge in [0.05, 0.1) is 11.4 Å². The first-order valence-corrected chi connectivity index (χ1v) is 6.77. The molecule has 0 radical (unpaired) electrons. The molecule has 0 aliphatic heterocycles. The number of anilines is 2. The van der Waals surface area contributed by atoms with Crippen LogP contribution in [0.4, 0.5) is 20.4 Å². The molecule has 3 nitrogen and oxygen atoms in total. The highest BCUT2D eigenvalue weighted by atomic mass is 19.1. The number of hydrogen-bond donors (Lipinski definition) is 1. The molecule has 5 heteroatoms. The van der Waals surface area contributed by atoms with Gasteiger partial charge in [-0.25, -0.2) is 13.8 Å². The lowest BCUT2D eigenvalue weighted by Gasteiger charge is -2.11. The summed E-state index contributed by atoms with van der Waals surface area (Å²) in [6.45, 7) is 6.32. The molecular weight excluding hydrogens is 260 g/mol. The molecule has 1 N–H and O–H groups in total. The van der Waals surface area contributed by atoms with Crippen LogP contribution in [-0.2, 0) is 6.54 Å². The topological polar surface area (TPSA) is 29.9 Å². The molecule has 1 aromatic carbocycles. The van der Waals surface area contributed by atoms with E-state index in [0.29, 0.717) is 11.5 Å². The van der Waals surface area contributed by atoms with Crippen molar-refractivity contribution in [2.24, 2.45) is 0 Å². The minimum Gasteiger partial charge on any atom is -0.323 e. The second-order valence-corrected chi connectivity index (χ2v) is 4.96. The van der Waals surface area contributed by atoms with E-state index in [9.17, 15) is 8.78 Å². The fraction of sp³-hybridized carbons (Fsp3) is 0.400. The van der Waals surface area contributed by atoms with E-state index >= 15 is 0 Å². The molecule has 0 aliphatic carbocycles. The van der Waals surface area contributed by atoms with Gasteiger partial charge in [-0.3, -0.25) is 0 Å². The van der Waals surface area contributed by atoms with Crippen molar-refractivity contribution in [2.45, 2.75) is 40.2 Å². The monoisotopic (exact) mass is 279 g/mol. The molecule has 0 amide bonds. The van der Waals surface area contributed by atoms with E-state index in [1.165, 1.54) is 19.1 Å². The highest BCUT2D eigenvalue weighted by molar-refractivity contribution is 5.55. The van der Waals surface area contributed by atoms with Crippen LogP contribution >= 0.6 is 0 Å². The molecule has 0 aliphatic rings. The minimum absolute atomic E-state index is 0.108. The Bertz CT molecular complexity index is 605. The molecule has 1 aromatic heterocycles. The highest BCUT2D eigenvalue weighted by Gasteiger charge is 2.11. The lowest BCUT2D eigenvalue weighted by Crippen LogP contribution is -2.05. The predicted molar refractivity (Wildman–Crippen MR) is 76.2 cm³/mol. The summed E-state index contributed by atoms with van der Waals surface area (Å²) >= 11 is 0. The molecule has 2 rings (SSSR count). The van der Waals surface area contributed by atoms with Crippen molar-refractivity contribution in [2.75, 3.05) is 5.32 Å². The fourth-order valence-electron chi connectivity index (χ4n) is 2.01. The number of benzene rings is 1. The first-order valence-electron chi connectivity index (χ1n) is 6.77. The van der Waals surface area contributed by atoms with Crippen molar-refractivity contribution in [3.05, 3.63) is 41.2 Å². The molecule has 20 heavy (non-hydrogen) atoms. The van der Waals surface area contributed by atoms with Crippen LogP contribution in [0.5, 0.6) is 0 Å². The van der Waals surface area contributed by atoms with Crippen LogP contribution in [0.15, 0.2) is 18.3 Å². The second-order valence-electron chi connectivity index (χ2n) is 4.96. The number of hydrogen-bond acceptors (Lipinski definition) is 2. The van der Waals surface area contributed by atoms with Crippen LogP contribution in [-0.4, -0.2) is 9.55 Å². The normalized spacial score (nSPS) is 10.8. The Morgan fingerprint density at radius 3 is 2.65 bits per heavy atom. The third-order valence-electron chi connectivity index (χ3n) is 3.14. The molecule has 108 valence electrons. The molecule has 1 heterocycles. The van der Waals surface area contributed by atoms with E-state index < -0.39 is 11.6 Å². The number of aromatic nitrogens is 2. The maximum absolute atomic E-state index is 13.8. The Kier molecular flexibility index (Phi) is 4.37. The van der Waals surface area contributed by atoms with Crippen molar-refractivity contribution in [3.8, 4) is 0 Å². The predicted octanol–water partition coefficient (Wildman–Crippen LogP) is 4.32. The van der Waals surface area contributed by atoms with Crippen molar-refractivity contribution in [1.29, 1.82) is 0 Å². The standard InChI is InChI=1S/C15H19F2N3/c1-4-5-6-20-9-11(3)18-15(20)19-14-8-12(16)10(2)7-13(14)17/h7-9H,4-6H2,1-3H3,(H,18,19). The van der Waals surface area contributed by atoms with Crippen molar-refractivity contribution < 1.29 is 8.78 Å². The van der Waals surface area contributed by atoms with Crippen molar-refractivity contribution in [3.63, 3.8) is 0 Å². The zero-order valence-corrected chi connectivity index (χ0v) is 12.0. The van der Waals surface area contributed by atoms with Gasteiger partial charge < -0.3 is 9.88 Å². The summed E-state index contributed by atoms with van der Waals surface area (Å²) in [5.41, 5.74) is 1.24. The molecule has 0 unspecified atom stereocenters. The Hall–Kier alpha value is -1.91. The van der Waals surface area contributed by atoms with Crippen LogP contribution in [0.2, 0.25) is 0 Å². The van der Waals surface area contributed by atoms with Gasteiger partial charge in [0.2, 0.25) is 5.95 Å². The molecule has 0 atom stereocenters. The number of nitrogens with zero attached hydrogens (tertiary/aromatic N) is 2. The molecule has 2 aromatic rings. The smallest absolute Gasteiger partial charge is 0.207 e. The van der Waals surface area contributed by atoms with E-state index in [4.69, 9.17) is 0 Å². The SMILES string of the molecule is CCCCn1cc(C)nc1Nc1cc(F)c(C)cc1F. The average Bonchev–Trinajstić information content (AvgIpc) is 2.73. The maximum atomic E-state index is 13.8. The fourth-order valence-corrected chi connectivity index (χ4v) is 2.01. The summed E-state index contributed by atoms with van der Waals surface area (Å²) in [5.74, 6) is -0.373. The molecule has 0 spiro atoms. The average molecular weight is 279 g/mol. The van der Waals surface area contributed by atoms with Gasteiger partial charge in [-0.1, -0.05) is 13.3 Å². The number of imidazole rings is 1. The van der Waals surface area contributed by atoms with Gasteiger partial charge in [0, 0.05) is 18.8 Å². The van der Waals surface area contributed by atoms with Gasteiger partial charge >= 0.3 is 0 Å². The number of nitrogens with one attached hydrogen (secondary N) is 1. The van der Waals surface area contributed by atoms with Gasteiger partial charge in [-0.2, -0.15) is 0 Å². The number of unbranched alkanes of at least 4 members (excludes halogenated alkanes) is 1. The van der Waals surface area contributed by atoms with Crippen molar-refractivity contribution in [1.82, 2.24) is 9.55 Å². The molecule has 0 fully saturated rings. The van der Waals surface area contributed by atoms with Crippen LogP contribution in [0.1, 0.15) is 31.0 Å². The Labute approximate surface area is 117 Å². The Morgan fingerprint density at radius 1 is 1.20 bits per heavy atom. The zero-order chi connectivity index (χ0) is 14.7. The minimum atomic E-state index is -0.480. The highest BCUT2D eigenvalue weighted by Crippen LogP contribution is 2.23. The maximum Gasteiger partial charge on any atom is 0.207 e. The zero-order valence-electron chi connectivity index (χ0n) is 12.0. The second kappa shape index (κ2) is 6.03. The first kappa shape index (κ1) is 14.5. The Balaban J connectivity index is 2.27. The van der Waals surface area contributed by atoms with Gasteiger partial charge in [-0.05, 0) is 31.9 Å². The summed E-state index contributed by atoms with van der Waals surface area (Å²) in [6.07, 6.45) is 3.97. The summed E-state index contributed by atoms with van der Waals surface area (Å²) in [7, 11) is 0. The number of rotatable bonds is 5. The third-order valence-corrected chi connectivity index (χ3v) is 3.14. The summed E-state index contributed by atoms with van der Waals surface area (Å²) < 4.78 is 29.3. The quantitative estimate of drug-likeness (QED) is 0.883. The van der Waals surface area contributed by atoms with Crippen LogP contribution < -0.4 is 5.32 Å². The number of halogens is 2. The van der Waals surface area contributed by atoms with Gasteiger partial charge in [0.15, 0.2) is 0 Å². The molecule has 0 saturated heterocycles. The summed E-state index contributed by atoms with van der Waals surface area (Å²) in [5, 5.41) is 2.88. The van der Waals surface area contributed by atoms with Gasteiger partial charge in [-0.15, -0.1) is 0 Å². The van der Waals surface area contributed by atoms with E-state index in [2.05, 4.69) is 17.2 Å². The summed E-state index contributed by atoms with van der Waals surface area (Å²) in [6, 6.07) is 2.35. The van der Waals surface area contributed by atoms with Crippen LogP contribution in [0, 0.1) is 25.5 Å². The van der Waals surface area contributed by atoms with E-state index in [0.717, 1.165) is 25.1 Å². The van der Waals surface area contributed by atoms with Crippen LogP contribution in [0.25, 0.3) is 0 Å². The third kappa shape index (κ3) is 3.15. The molecular formula is C15H19F2N3. The molecule has 0 saturated carbocycles. The van der Waals surface area contributed by atoms with E-state index in [1.54, 1.807) is 0 Å². The van der Waals surface area contributed by atoms with Gasteiger partial charge in [0.1, 0.15) is 11.6 Å². The van der Waals surface area contributed by atoms with E-state index in [1.807, 2.05) is 17.7 Å². The summed E-state index contributed by atoms with van der Waals surface area (Å²) in [4.78, 5) is 4.31. The lowest BCUT2D eigenvalue weighted by atomic mass is 10.2. The van der Waals surface area contributed by atoms with Crippen LogP contribution in [0.3, 0.4) is 0 Å². The lowest BCUT2D eigenvalue weighted by molar-refractivity contribution is 0.594. The van der Waals surface area contributed by atoms with Crippen molar-refractivity contribution >= 4 is 11.6 Å². The first-order chi connectivity index (χ1) is 9.51.